The van der Waals surface area contributed by atoms with Crippen LogP contribution >= 0.6 is 0 Å². The van der Waals surface area contributed by atoms with Crippen LogP contribution in [0.25, 0.3) is 0 Å². The first-order valence-electron chi connectivity index (χ1n) is 7.20. The highest BCUT2D eigenvalue weighted by molar-refractivity contribution is 5.88. The molecule has 1 rings (SSSR count). The Balaban J connectivity index is 2.86. The summed E-state index contributed by atoms with van der Waals surface area (Å²) < 4.78 is 0. The van der Waals surface area contributed by atoms with E-state index in [0.29, 0.717) is 6.54 Å². The van der Waals surface area contributed by atoms with Gasteiger partial charge in [0.2, 0.25) is 11.8 Å². The van der Waals surface area contributed by atoms with Crippen molar-refractivity contribution in [2.24, 2.45) is 5.92 Å². The van der Waals surface area contributed by atoms with Gasteiger partial charge in [0.1, 0.15) is 6.04 Å². The van der Waals surface area contributed by atoms with E-state index in [1.807, 2.05) is 44.2 Å². The van der Waals surface area contributed by atoms with Crippen molar-refractivity contribution >= 4 is 11.8 Å². The summed E-state index contributed by atoms with van der Waals surface area (Å²) >= 11 is 0. The summed E-state index contributed by atoms with van der Waals surface area (Å²) in [7, 11) is 0. The van der Waals surface area contributed by atoms with Crippen LogP contribution in [0.3, 0.4) is 0 Å². The van der Waals surface area contributed by atoms with Gasteiger partial charge in [-0.2, -0.15) is 0 Å². The molecule has 0 aliphatic heterocycles. The van der Waals surface area contributed by atoms with Crippen molar-refractivity contribution in [1.82, 2.24) is 10.2 Å². The van der Waals surface area contributed by atoms with Gasteiger partial charge in [-0.05, 0) is 12.5 Å². The van der Waals surface area contributed by atoms with E-state index in [0.717, 1.165) is 5.56 Å². The lowest BCUT2D eigenvalue weighted by Gasteiger charge is -2.30. The molecule has 2 amide bonds. The van der Waals surface area contributed by atoms with Crippen LogP contribution in [0.4, 0.5) is 0 Å². The number of hydrogen-bond donors (Lipinski definition) is 2. The summed E-state index contributed by atoms with van der Waals surface area (Å²) in [4.78, 5) is 26.0. The maximum atomic E-state index is 12.4. The minimum atomic E-state index is -0.577. The molecule has 0 heterocycles. The molecular weight excluding hydrogens is 268 g/mol. The number of benzene rings is 1. The fourth-order valence-corrected chi connectivity index (χ4v) is 1.99. The molecule has 0 radical (unpaired) electrons. The summed E-state index contributed by atoms with van der Waals surface area (Å²) in [5, 5.41) is 11.4. The molecule has 0 bridgehead atoms. The molecule has 21 heavy (non-hydrogen) atoms. The zero-order valence-electron chi connectivity index (χ0n) is 12.9. The second kappa shape index (κ2) is 8.42. The van der Waals surface area contributed by atoms with Crippen molar-refractivity contribution in [3.63, 3.8) is 0 Å². The molecule has 5 heteroatoms. The second-order valence-electron chi connectivity index (χ2n) is 5.30. The smallest absolute Gasteiger partial charge is 0.242 e. The third-order valence-corrected chi connectivity index (χ3v) is 3.23. The molecule has 0 aliphatic rings. The van der Waals surface area contributed by atoms with Gasteiger partial charge in [-0.3, -0.25) is 9.59 Å². The summed E-state index contributed by atoms with van der Waals surface area (Å²) in [6.45, 7) is 5.81. The first-order valence-corrected chi connectivity index (χ1v) is 7.20. The van der Waals surface area contributed by atoms with Gasteiger partial charge >= 0.3 is 0 Å². The maximum absolute atomic E-state index is 12.4. The largest absolute Gasteiger partial charge is 0.395 e. The van der Waals surface area contributed by atoms with E-state index in [-0.39, 0.29) is 30.9 Å². The Hall–Kier alpha value is -1.88. The van der Waals surface area contributed by atoms with Gasteiger partial charge in [0.05, 0.1) is 6.61 Å². The first kappa shape index (κ1) is 17.2. The van der Waals surface area contributed by atoms with Crippen LogP contribution in [0.1, 0.15) is 26.3 Å². The van der Waals surface area contributed by atoms with Crippen LogP contribution in [-0.2, 0) is 16.1 Å². The monoisotopic (exact) mass is 292 g/mol. The second-order valence-corrected chi connectivity index (χ2v) is 5.30. The van der Waals surface area contributed by atoms with Gasteiger partial charge in [-0.1, -0.05) is 44.2 Å². The summed E-state index contributed by atoms with van der Waals surface area (Å²) in [6.07, 6.45) is 0. The number of carbonyl (C=O) groups excluding carboxylic acids is 2. The lowest BCUT2D eigenvalue weighted by Crippen LogP contribution is -2.49. The first-order chi connectivity index (χ1) is 9.97. The third kappa shape index (κ3) is 5.19. The van der Waals surface area contributed by atoms with Crippen LogP contribution in [0.2, 0.25) is 0 Å². The minimum absolute atomic E-state index is 0.0644. The number of nitrogens with one attached hydrogen (secondary N) is 1. The van der Waals surface area contributed by atoms with Crippen LogP contribution in [0.5, 0.6) is 0 Å². The lowest BCUT2D eigenvalue weighted by atomic mass is 10.1. The Morgan fingerprint density at radius 1 is 1.19 bits per heavy atom. The SMILES string of the molecule is CC(C)C(=O)N(Cc1ccccc1)[C@@H](C)C(=O)NCCO. The van der Waals surface area contributed by atoms with E-state index in [2.05, 4.69) is 5.32 Å². The van der Waals surface area contributed by atoms with Gasteiger partial charge in [-0.25, -0.2) is 0 Å². The molecule has 1 atom stereocenters. The topological polar surface area (TPSA) is 69.6 Å². The average molecular weight is 292 g/mol. The highest BCUT2D eigenvalue weighted by Gasteiger charge is 2.27. The summed E-state index contributed by atoms with van der Waals surface area (Å²) in [5.41, 5.74) is 0.980. The van der Waals surface area contributed by atoms with Crippen molar-refractivity contribution in [2.45, 2.75) is 33.4 Å². The van der Waals surface area contributed by atoms with Gasteiger partial charge < -0.3 is 15.3 Å². The molecule has 0 saturated heterocycles. The van der Waals surface area contributed by atoms with E-state index in [1.165, 1.54) is 0 Å². The predicted octanol–water partition coefficient (Wildman–Crippen LogP) is 1.17. The number of nitrogens with zero attached hydrogens (tertiary/aromatic N) is 1. The molecular formula is C16H24N2O3. The molecule has 0 unspecified atom stereocenters. The van der Waals surface area contributed by atoms with E-state index in [9.17, 15) is 9.59 Å². The van der Waals surface area contributed by atoms with Gasteiger partial charge in [0.15, 0.2) is 0 Å². The number of rotatable bonds is 7. The molecule has 2 N–H and O–H groups in total. The molecule has 1 aromatic rings. The Kier molecular flexibility index (Phi) is 6.88. The lowest BCUT2D eigenvalue weighted by molar-refractivity contribution is -0.143. The van der Waals surface area contributed by atoms with Gasteiger partial charge in [-0.15, -0.1) is 0 Å². The van der Waals surface area contributed by atoms with Crippen LogP contribution < -0.4 is 5.32 Å². The molecule has 0 saturated carbocycles. The van der Waals surface area contributed by atoms with Crippen molar-refractivity contribution in [2.75, 3.05) is 13.2 Å². The fraction of sp³-hybridized carbons (Fsp3) is 0.500. The van der Waals surface area contributed by atoms with Crippen molar-refractivity contribution < 1.29 is 14.7 Å². The van der Waals surface area contributed by atoms with E-state index < -0.39 is 6.04 Å². The Labute approximate surface area is 126 Å². The summed E-state index contributed by atoms with van der Waals surface area (Å²) in [6, 6.07) is 9.01. The number of aliphatic hydroxyl groups is 1. The summed E-state index contributed by atoms with van der Waals surface area (Å²) in [5.74, 6) is -0.499. The molecule has 0 spiro atoms. The van der Waals surface area contributed by atoms with Crippen LogP contribution in [-0.4, -0.2) is 41.0 Å². The molecule has 116 valence electrons. The van der Waals surface area contributed by atoms with E-state index in [1.54, 1.807) is 11.8 Å². The Morgan fingerprint density at radius 3 is 2.33 bits per heavy atom. The van der Waals surface area contributed by atoms with Crippen LogP contribution in [0, 0.1) is 5.92 Å². The highest BCUT2D eigenvalue weighted by Crippen LogP contribution is 2.13. The Bertz CT molecular complexity index is 460. The highest BCUT2D eigenvalue weighted by atomic mass is 16.3. The zero-order valence-corrected chi connectivity index (χ0v) is 12.9. The molecule has 5 nitrogen and oxygen atoms in total. The molecule has 0 aliphatic carbocycles. The van der Waals surface area contributed by atoms with Crippen molar-refractivity contribution in [3.05, 3.63) is 35.9 Å². The average Bonchev–Trinajstić information content (AvgIpc) is 2.49. The van der Waals surface area contributed by atoms with E-state index >= 15 is 0 Å². The number of amides is 2. The van der Waals surface area contributed by atoms with Crippen molar-refractivity contribution in [3.8, 4) is 0 Å². The molecule has 0 aromatic heterocycles. The standard InChI is InChI=1S/C16H24N2O3/c1-12(2)16(21)18(11-14-7-5-4-6-8-14)13(3)15(20)17-9-10-19/h4-8,12-13,19H,9-11H2,1-3H3,(H,17,20)/t13-/m0/s1. The van der Waals surface area contributed by atoms with Gasteiger partial charge in [0, 0.05) is 19.0 Å². The molecule has 0 fully saturated rings. The number of hydrogen-bond acceptors (Lipinski definition) is 3. The normalized spacial score (nSPS) is 12.0. The predicted molar refractivity (Wildman–Crippen MR) is 81.4 cm³/mol. The fourth-order valence-electron chi connectivity index (χ4n) is 1.99. The maximum Gasteiger partial charge on any atom is 0.242 e. The minimum Gasteiger partial charge on any atom is -0.395 e. The van der Waals surface area contributed by atoms with E-state index in [4.69, 9.17) is 5.11 Å². The van der Waals surface area contributed by atoms with Gasteiger partial charge in [0.25, 0.3) is 0 Å². The zero-order chi connectivity index (χ0) is 15.8. The number of aliphatic hydroxyl groups excluding tert-OH is 1. The molecule has 1 aromatic carbocycles. The quantitative estimate of drug-likeness (QED) is 0.792. The van der Waals surface area contributed by atoms with Crippen LogP contribution in [0.15, 0.2) is 30.3 Å². The third-order valence-electron chi connectivity index (χ3n) is 3.23. The van der Waals surface area contributed by atoms with Crippen molar-refractivity contribution in [1.29, 1.82) is 0 Å². The number of carbonyl (C=O) groups is 2. The Morgan fingerprint density at radius 2 is 1.81 bits per heavy atom.